The van der Waals surface area contributed by atoms with Gasteiger partial charge in [0, 0.05) is 13.0 Å². The summed E-state index contributed by atoms with van der Waals surface area (Å²) in [5.41, 5.74) is 0. The summed E-state index contributed by atoms with van der Waals surface area (Å²) in [6.45, 7) is 4.54. The van der Waals surface area contributed by atoms with Crippen molar-refractivity contribution in [2.24, 2.45) is 0 Å². The summed E-state index contributed by atoms with van der Waals surface area (Å²) in [7, 11) is 0. The van der Waals surface area contributed by atoms with E-state index in [0.717, 1.165) is 32.1 Å². The number of rotatable bonds is 41. The van der Waals surface area contributed by atoms with Crippen LogP contribution in [0.3, 0.4) is 0 Å². The molecule has 0 spiro atoms. The molecule has 1 fully saturated rings. The zero-order valence-corrected chi connectivity index (χ0v) is 36.4. The Labute approximate surface area is 344 Å². The van der Waals surface area contributed by atoms with Crippen molar-refractivity contribution < 1.29 is 44.2 Å². The van der Waals surface area contributed by atoms with Gasteiger partial charge < -0.3 is 39.4 Å². The maximum atomic E-state index is 12.6. The third-order valence-electron chi connectivity index (χ3n) is 11.2. The fourth-order valence-electron chi connectivity index (χ4n) is 7.43. The highest BCUT2D eigenvalue weighted by molar-refractivity contribution is 5.69. The van der Waals surface area contributed by atoms with E-state index < -0.39 is 43.4 Å². The number of esters is 1. The van der Waals surface area contributed by atoms with E-state index in [0.29, 0.717) is 13.0 Å². The van der Waals surface area contributed by atoms with E-state index in [9.17, 15) is 25.2 Å². The van der Waals surface area contributed by atoms with Gasteiger partial charge in [-0.05, 0) is 38.5 Å². The first-order valence-corrected chi connectivity index (χ1v) is 23.8. The molecule has 0 aromatic carbocycles. The largest absolute Gasteiger partial charge is 0.457 e. The molecule has 0 bridgehead atoms. The first-order valence-electron chi connectivity index (χ1n) is 23.8. The van der Waals surface area contributed by atoms with Crippen LogP contribution in [0.15, 0.2) is 12.2 Å². The Balaban J connectivity index is 2.08. The van der Waals surface area contributed by atoms with Crippen molar-refractivity contribution in [3.8, 4) is 0 Å². The second-order valence-corrected chi connectivity index (χ2v) is 16.6. The van der Waals surface area contributed by atoms with Gasteiger partial charge in [-0.15, -0.1) is 0 Å². The summed E-state index contributed by atoms with van der Waals surface area (Å²) in [5.74, 6) is -0.317. The molecule has 1 heterocycles. The third-order valence-corrected chi connectivity index (χ3v) is 11.2. The molecule has 6 unspecified atom stereocenters. The number of hydrogen-bond acceptors (Lipinski definition) is 9. The van der Waals surface area contributed by atoms with Crippen LogP contribution in [0.5, 0.6) is 0 Å². The second kappa shape index (κ2) is 39.4. The predicted octanol–water partition coefficient (Wildman–Crippen LogP) is 10.8. The van der Waals surface area contributed by atoms with E-state index in [4.69, 9.17) is 18.9 Å². The van der Waals surface area contributed by atoms with Crippen LogP contribution in [0.4, 0.5) is 0 Å². The van der Waals surface area contributed by atoms with Gasteiger partial charge in [0.15, 0.2) is 6.29 Å². The van der Waals surface area contributed by atoms with Crippen molar-refractivity contribution in [1.29, 1.82) is 0 Å². The number of aliphatic hydroxyl groups is 4. The van der Waals surface area contributed by atoms with Crippen molar-refractivity contribution in [1.82, 2.24) is 0 Å². The molecular formula is C47H90O9. The van der Waals surface area contributed by atoms with Crippen molar-refractivity contribution >= 4 is 5.97 Å². The zero-order chi connectivity index (χ0) is 40.7. The molecule has 4 N–H and O–H groups in total. The Bertz CT molecular complexity index is 869. The number of allylic oxidation sites excluding steroid dienone is 2. The maximum Gasteiger partial charge on any atom is 0.306 e. The van der Waals surface area contributed by atoms with Gasteiger partial charge >= 0.3 is 5.97 Å². The van der Waals surface area contributed by atoms with Gasteiger partial charge in [0.05, 0.1) is 19.8 Å². The van der Waals surface area contributed by atoms with Gasteiger partial charge in [0.1, 0.15) is 30.5 Å². The Morgan fingerprint density at radius 2 is 0.982 bits per heavy atom. The first kappa shape index (κ1) is 52.9. The molecule has 9 heteroatoms. The molecule has 1 rings (SSSR count). The Morgan fingerprint density at radius 1 is 0.554 bits per heavy atom. The van der Waals surface area contributed by atoms with Gasteiger partial charge in [0.25, 0.3) is 0 Å². The first-order chi connectivity index (χ1) is 27.4. The van der Waals surface area contributed by atoms with Crippen LogP contribution in [0.25, 0.3) is 0 Å². The molecular weight excluding hydrogens is 709 g/mol. The Morgan fingerprint density at radius 3 is 1.45 bits per heavy atom. The maximum absolute atomic E-state index is 12.6. The Kier molecular flexibility index (Phi) is 37.2. The number of ether oxygens (including phenoxy) is 4. The molecule has 0 amide bonds. The zero-order valence-electron chi connectivity index (χ0n) is 36.4. The third kappa shape index (κ3) is 30.0. The van der Waals surface area contributed by atoms with Crippen LogP contribution in [-0.4, -0.2) is 89.6 Å². The summed E-state index contributed by atoms with van der Waals surface area (Å²) in [6, 6.07) is 0. The van der Waals surface area contributed by atoms with Crippen molar-refractivity contribution in [3.63, 3.8) is 0 Å². The molecule has 0 radical (unpaired) electrons. The van der Waals surface area contributed by atoms with E-state index in [1.54, 1.807) is 0 Å². The van der Waals surface area contributed by atoms with Crippen LogP contribution in [0.2, 0.25) is 0 Å². The normalized spacial score (nSPS) is 20.6. The van der Waals surface area contributed by atoms with Gasteiger partial charge in [-0.1, -0.05) is 187 Å². The molecule has 332 valence electrons. The lowest BCUT2D eigenvalue weighted by Crippen LogP contribution is -2.59. The second-order valence-electron chi connectivity index (χ2n) is 16.6. The summed E-state index contributed by atoms with van der Waals surface area (Å²) >= 11 is 0. The van der Waals surface area contributed by atoms with Crippen LogP contribution in [0.1, 0.15) is 219 Å². The van der Waals surface area contributed by atoms with E-state index in [1.165, 1.54) is 167 Å². The van der Waals surface area contributed by atoms with Crippen LogP contribution < -0.4 is 0 Å². The van der Waals surface area contributed by atoms with Crippen LogP contribution in [0, 0.1) is 0 Å². The topological polar surface area (TPSA) is 135 Å². The fourth-order valence-corrected chi connectivity index (χ4v) is 7.43. The molecule has 1 saturated heterocycles. The van der Waals surface area contributed by atoms with E-state index in [-0.39, 0.29) is 19.2 Å². The highest BCUT2D eigenvalue weighted by Crippen LogP contribution is 2.23. The summed E-state index contributed by atoms with van der Waals surface area (Å²) < 4.78 is 22.7. The average molecular weight is 799 g/mol. The quantitative estimate of drug-likeness (QED) is 0.0271. The highest BCUT2D eigenvalue weighted by Gasteiger charge is 2.44. The average Bonchev–Trinajstić information content (AvgIpc) is 3.20. The minimum absolute atomic E-state index is 0.108. The minimum Gasteiger partial charge on any atom is -0.457 e. The van der Waals surface area contributed by atoms with Crippen LogP contribution >= 0.6 is 0 Å². The summed E-state index contributed by atoms with van der Waals surface area (Å²) in [6.07, 6.45) is 37.1. The lowest BCUT2D eigenvalue weighted by molar-refractivity contribution is -0.305. The smallest absolute Gasteiger partial charge is 0.306 e. The number of carbonyl (C=O) groups excluding carboxylic acids is 1. The molecule has 1 aliphatic rings. The monoisotopic (exact) mass is 799 g/mol. The van der Waals surface area contributed by atoms with E-state index >= 15 is 0 Å². The molecule has 9 nitrogen and oxygen atoms in total. The highest BCUT2D eigenvalue weighted by atomic mass is 16.7. The van der Waals surface area contributed by atoms with Gasteiger partial charge in [-0.25, -0.2) is 0 Å². The summed E-state index contributed by atoms with van der Waals surface area (Å²) in [5, 5.41) is 40.0. The van der Waals surface area contributed by atoms with Gasteiger partial charge in [0.2, 0.25) is 0 Å². The summed E-state index contributed by atoms with van der Waals surface area (Å²) in [4.78, 5) is 12.6. The molecule has 1 aliphatic heterocycles. The number of unbranched alkanes of at least 4 members (excludes halogenated alkanes) is 28. The SMILES string of the molecule is CCCCCCCCCC/C=C\CCCCCCCCCCCCCCCCOCC(COC1OC(CO)C(O)C(O)C1O)OC(=O)CCCCCCCCC. The Hall–Kier alpha value is -1.07. The predicted molar refractivity (Wildman–Crippen MR) is 229 cm³/mol. The lowest BCUT2D eigenvalue weighted by Gasteiger charge is -2.39. The minimum atomic E-state index is -1.53. The van der Waals surface area contributed by atoms with Crippen LogP contribution in [-0.2, 0) is 23.7 Å². The molecule has 0 aromatic heterocycles. The lowest BCUT2D eigenvalue weighted by atomic mass is 9.99. The number of aliphatic hydroxyl groups excluding tert-OH is 4. The van der Waals surface area contributed by atoms with Crippen molar-refractivity contribution in [2.75, 3.05) is 26.4 Å². The molecule has 0 saturated carbocycles. The fraction of sp³-hybridized carbons (Fsp3) is 0.936. The number of hydrogen-bond donors (Lipinski definition) is 4. The standard InChI is InChI=1S/C47H90O9/c1-3-5-7-9-11-12-13-14-15-16-17-18-19-20-21-22-23-24-25-26-27-28-29-31-33-35-37-53-39-41(55-43(49)36-34-32-30-10-8-6-4-2)40-54-47-46(52)45(51)44(50)42(38-48)56-47/h16-17,41-42,44-48,50-52H,3-15,18-40H2,1-2H3/b17-16-. The molecule has 56 heavy (non-hydrogen) atoms. The number of carbonyl (C=O) groups is 1. The molecule has 0 aliphatic carbocycles. The van der Waals surface area contributed by atoms with Crippen molar-refractivity contribution in [3.05, 3.63) is 12.2 Å². The van der Waals surface area contributed by atoms with E-state index in [2.05, 4.69) is 26.0 Å². The van der Waals surface area contributed by atoms with E-state index in [1.807, 2.05) is 0 Å². The van der Waals surface area contributed by atoms with Gasteiger partial charge in [-0.3, -0.25) is 4.79 Å². The van der Waals surface area contributed by atoms with Crippen molar-refractivity contribution in [2.45, 2.75) is 256 Å². The molecule has 6 atom stereocenters. The van der Waals surface area contributed by atoms with Gasteiger partial charge in [-0.2, -0.15) is 0 Å². The molecule has 0 aromatic rings.